The molecule has 0 aliphatic heterocycles. The molecule has 0 atom stereocenters. The predicted molar refractivity (Wildman–Crippen MR) is 25.8 cm³/mol. The second-order valence-electron chi connectivity index (χ2n) is 0.644. The maximum atomic E-state index is 8.67. The van der Waals surface area contributed by atoms with Crippen molar-refractivity contribution < 1.29 is 23.5 Å². The zero-order valence-electron chi connectivity index (χ0n) is 3.76. The van der Waals surface area contributed by atoms with Crippen LogP contribution >= 0.6 is 0 Å². The van der Waals surface area contributed by atoms with Crippen LogP contribution < -0.4 is 5.73 Å². The van der Waals surface area contributed by atoms with Crippen LogP contribution in [0.2, 0.25) is 0 Å². The van der Waals surface area contributed by atoms with Gasteiger partial charge in [0.1, 0.15) is 0 Å². The van der Waals surface area contributed by atoms with Gasteiger partial charge in [-0.1, -0.05) is 0 Å². The van der Waals surface area contributed by atoms with Gasteiger partial charge in [-0.3, -0.25) is 14.8 Å². The number of hydrogen-bond donors (Lipinski definition) is 5. The van der Waals surface area contributed by atoms with Crippen molar-refractivity contribution in [2.75, 3.05) is 0 Å². The standard InChI is InChI=1S/CH5NO2.H2O3S/c2-1(3)4;1-4(2)3/h1,3-4H,2H2;(H2,1,2,3). The molecule has 0 heterocycles. The van der Waals surface area contributed by atoms with Crippen LogP contribution in [-0.4, -0.2) is 29.9 Å². The Kier molecular flexibility index (Phi) is 9.42. The third-order valence-electron chi connectivity index (χ3n) is 0. The fourth-order valence-electron chi connectivity index (χ4n) is 0. The molecule has 0 saturated carbocycles. The van der Waals surface area contributed by atoms with E-state index >= 15 is 0 Å². The largest absolute Gasteiger partial charge is 0.356 e. The van der Waals surface area contributed by atoms with Crippen molar-refractivity contribution in [3.05, 3.63) is 0 Å². The summed E-state index contributed by atoms with van der Waals surface area (Å²) >= 11 is -2.61. The summed E-state index contributed by atoms with van der Waals surface area (Å²) in [6, 6.07) is 0. The highest BCUT2D eigenvalue weighted by Crippen LogP contribution is 1.44. The predicted octanol–water partition coefficient (Wildman–Crippen LogP) is -2.11. The van der Waals surface area contributed by atoms with Crippen LogP contribution in [0.1, 0.15) is 0 Å². The van der Waals surface area contributed by atoms with Gasteiger partial charge in [-0.25, -0.2) is 0 Å². The molecule has 0 saturated heterocycles. The molecule has 0 aliphatic carbocycles. The number of nitrogens with two attached hydrogens (primary N) is 1. The van der Waals surface area contributed by atoms with Gasteiger partial charge in [-0.15, -0.1) is 0 Å². The van der Waals surface area contributed by atoms with Crippen molar-refractivity contribution in [2.24, 2.45) is 5.73 Å². The summed E-state index contributed by atoms with van der Waals surface area (Å²) in [7, 11) is 0. The highest BCUT2D eigenvalue weighted by atomic mass is 32.2. The first-order valence-corrected chi connectivity index (χ1v) is 2.45. The molecule has 0 aromatic heterocycles. The van der Waals surface area contributed by atoms with E-state index in [4.69, 9.17) is 23.5 Å². The van der Waals surface area contributed by atoms with Crippen LogP contribution in [0.4, 0.5) is 0 Å². The first-order chi connectivity index (χ1) is 3.46. The Balaban J connectivity index is 0. The number of rotatable bonds is 0. The molecule has 52 valence electrons. The molecule has 0 rings (SSSR count). The van der Waals surface area contributed by atoms with Gasteiger partial charge in [-0.05, 0) is 0 Å². The first kappa shape index (κ1) is 10.8. The zero-order valence-corrected chi connectivity index (χ0v) is 4.58. The summed E-state index contributed by atoms with van der Waals surface area (Å²) in [5, 5.41) is 14.8. The van der Waals surface area contributed by atoms with Crippen LogP contribution in [0, 0.1) is 0 Å². The van der Waals surface area contributed by atoms with Gasteiger partial charge < -0.3 is 10.2 Å². The minimum Gasteiger partial charge on any atom is -0.356 e. The van der Waals surface area contributed by atoms with Gasteiger partial charge in [0.05, 0.1) is 0 Å². The van der Waals surface area contributed by atoms with Crippen molar-refractivity contribution in [1.29, 1.82) is 0 Å². The molecule has 0 amide bonds. The van der Waals surface area contributed by atoms with Crippen LogP contribution in [0.5, 0.6) is 0 Å². The molecule has 7 heteroatoms. The number of aliphatic hydroxyl groups excluding tert-OH is 1. The van der Waals surface area contributed by atoms with Crippen molar-refractivity contribution >= 4 is 11.4 Å². The van der Waals surface area contributed by atoms with E-state index in [1.165, 1.54) is 0 Å². The number of hydrogen-bond acceptors (Lipinski definition) is 4. The Morgan fingerprint density at radius 2 is 1.38 bits per heavy atom. The molecule has 0 aliphatic rings. The maximum Gasteiger partial charge on any atom is 0.299 e. The first-order valence-electron chi connectivity index (χ1n) is 1.38. The van der Waals surface area contributed by atoms with Gasteiger partial charge in [0.2, 0.25) is 6.41 Å². The minimum absolute atomic E-state index is 1.67. The lowest BCUT2D eigenvalue weighted by atomic mass is 11.2. The van der Waals surface area contributed by atoms with Gasteiger partial charge in [0.15, 0.2) is 0 Å². The molecule has 0 bridgehead atoms. The van der Waals surface area contributed by atoms with E-state index in [2.05, 4.69) is 5.73 Å². The molecule has 8 heavy (non-hydrogen) atoms. The average Bonchev–Trinajstić information content (AvgIpc) is 1.25. The summed E-state index contributed by atoms with van der Waals surface area (Å²) in [6.45, 7) is 0. The molecule has 0 spiro atoms. The molecule has 6 N–H and O–H groups in total. The van der Waals surface area contributed by atoms with Crippen LogP contribution in [-0.2, 0) is 11.4 Å². The van der Waals surface area contributed by atoms with Gasteiger partial charge in [-0.2, -0.15) is 4.21 Å². The van der Waals surface area contributed by atoms with Crippen LogP contribution in [0.25, 0.3) is 0 Å². The Bertz CT molecular complexity index is 56.7. The highest BCUT2D eigenvalue weighted by Gasteiger charge is 1.69. The van der Waals surface area contributed by atoms with E-state index in [-0.39, 0.29) is 0 Å². The maximum absolute atomic E-state index is 8.67. The molecule has 0 fully saturated rings. The fraction of sp³-hybridized carbons (Fsp3) is 1.00. The lowest BCUT2D eigenvalue weighted by Crippen LogP contribution is -2.15. The van der Waals surface area contributed by atoms with Gasteiger partial charge in [0.25, 0.3) is 11.4 Å². The fourth-order valence-corrected chi connectivity index (χ4v) is 0. The molecule has 0 unspecified atom stereocenters. The zero-order chi connectivity index (χ0) is 7.15. The van der Waals surface area contributed by atoms with Gasteiger partial charge >= 0.3 is 0 Å². The monoisotopic (exact) mass is 145 g/mol. The van der Waals surface area contributed by atoms with Gasteiger partial charge in [0, 0.05) is 0 Å². The normalized spacial score (nSPS) is 8.88. The quantitative estimate of drug-likeness (QED) is 0.196. The van der Waals surface area contributed by atoms with E-state index in [9.17, 15) is 0 Å². The molecule has 0 aromatic carbocycles. The van der Waals surface area contributed by atoms with Crippen molar-refractivity contribution in [1.82, 2.24) is 0 Å². The molecular weight excluding hydrogens is 138 g/mol. The lowest BCUT2D eigenvalue weighted by molar-refractivity contribution is -0.0333. The summed E-state index contributed by atoms with van der Waals surface area (Å²) in [5.74, 6) is 0. The van der Waals surface area contributed by atoms with E-state index in [1.54, 1.807) is 0 Å². The van der Waals surface area contributed by atoms with E-state index in [1.807, 2.05) is 0 Å². The minimum atomic E-state index is -2.61. The summed E-state index contributed by atoms with van der Waals surface area (Å²) in [6.07, 6.45) is -1.67. The molecular formula is CH7NO5S. The number of aliphatic hydroxyl groups is 2. The summed E-state index contributed by atoms with van der Waals surface area (Å²) in [5.41, 5.74) is 4.22. The third kappa shape index (κ3) is 58300. The SMILES string of the molecule is NC(O)O.O=S(O)O. The van der Waals surface area contributed by atoms with E-state index in [0.29, 0.717) is 0 Å². The van der Waals surface area contributed by atoms with Crippen molar-refractivity contribution in [2.45, 2.75) is 6.41 Å². The molecule has 6 nitrogen and oxygen atoms in total. The van der Waals surface area contributed by atoms with Crippen molar-refractivity contribution in [3.63, 3.8) is 0 Å². The molecule has 0 aromatic rings. The van der Waals surface area contributed by atoms with Crippen molar-refractivity contribution in [3.8, 4) is 0 Å². The second-order valence-corrected chi connectivity index (χ2v) is 1.11. The second kappa shape index (κ2) is 6.95. The lowest BCUT2D eigenvalue weighted by Gasteiger charge is -1.81. The third-order valence-corrected chi connectivity index (χ3v) is 0. The van der Waals surface area contributed by atoms with E-state index < -0.39 is 17.8 Å². The Morgan fingerprint density at radius 3 is 1.38 bits per heavy atom. The van der Waals surface area contributed by atoms with Crippen LogP contribution in [0.3, 0.4) is 0 Å². The average molecular weight is 145 g/mol. The Morgan fingerprint density at radius 1 is 1.38 bits per heavy atom. The Labute approximate surface area is 48.1 Å². The topological polar surface area (TPSA) is 124 Å². The highest BCUT2D eigenvalue weighted by molar-refractivity contribution is 7.73. The Hall–Kier alpha value is -0.0500. The van der Waals surface area contributed by atoms with E-state index in [0.717, 1.165) is 0 Å². The summed E-state index contributed by atoms with van der Waals surface area (Å²) in [4.78, 5) is 0. The molecule has 0 radical (unpaired) electrons. The smallest absolute Gasteiger partial charge is 0.299 e. The summed E-state index contributed by atoms with van der Waals surface area (Å²) < 4.78 is 22.8. The van der Waals surface area contributed by atoms with Crippen LogP contribution in [0.15, 0.2) is 0 Å².